The second-order valence-corrected chi connectivity index (χ2v) is 11.2. The lowest BCUT2D eigenvalue weighted by Crippen LogP contribution is -2.68. The number of rotatable bonds is 6. The summed E-state index contributed by atoms with van der Waals surface area (Å²) in [5.41, 5.74) is 1.26. The van der Waals surface area contributed by atoms with Gasteiger partial charge < -0.3 is 34.1 Å². The van der Waals surface area contributed by atoms with Crippen LogP contribution >= 0.6 is 0 Å². The van der Waals surface area contributed by atoms with E-state index in [1.807, 2.05) is 46.0 Å². The van der Waals surface area contributed by atoms with Crippen molar-refractivity contribution in [2.75, 3.05) is 43.1 Å². The number of nitrogens with one attached hydrogen (secondary N) is 2. The number of hydrogen-bond donors (Lipinski definition) is 2. The van der Waals surface area contributed by atoms with Gasteiger partial charge in [-0.1, -0.05) is 6.92 Å². The van der Waals surface area contributed by atoms with E-state index in [-0.39, 0.29) is 11.1 Å². The summed E-state index contributed by atoms with van der Waals surface area (Å²) in [5, 5.41) is 6.90. The van der Waals surface area contributed by atoms with E-state index in [2.05, 4.69) is 28.5 Å². The van der Waals surface area contributed by atoms with Crippen LogP contribution < -0.4 is 21.1 Å². The average molecular weight is 495 g/mol. The van der Waals surface area contributed by atoms with Crippen LogP contribution in [0.2, 0.25) is 0 Å². The Labute approximate surface area is 213 Å². The molecule has 0 aromatic carbocycles. The fraction of sp³-hybridized carbons (Fsp3) is 0.615. The Morgan fingerprint density at radius 3 is 2.47 bits per heavy atom. The van der Waals surface area contributed by atoms with E-state index >= 15 is 0 Å². The van der Waals surface area contributed by atoms with Crippen molar-refractivity contribution in [3.05, 3.63) is 46.5 Å². The number of piperazine rings is 1. The Bertz CT molecular complexity index is 1150. The van der Waals surface area contributed by atoms with Gasteiger partial charge in [0, 0.05) is 43.0 Å². The summed E-state index contributed by atoms with van der Waals surface area (Å²) in [6.07, 6.45) is 4.69. The Kier molecular flexibility index (Phi) is 6.43. The van der Waals surface area contributed by atoms with Crippen molar-refractivity contribution < 1.29 is 14.0 Å². The maximum atomic E-state index is 13.2. The summed E-state index contributed by atoms with van der Waals surface area (Å²) in [6, 6.07) is 5.96. The van der Waals surface area contributed by atoms with Crippen LogP contribution in [0, 0.1) is 12.8 Å². The summed E-state index contributed by atoms with van der Waals surface area (Å²) in [6.45, 7) is 16.4. The molecule has 2 aromatic heterocycles. The van der Waals surface area contributed by atoms with Crippen molar-refractivity contribution in [1.29, 1.82) is 0 Å². The molecule has 2 aromatic rings. The van der Waals surface area contributed by atoms with Crippen molar-refractivity contribution >= 4 is 24.4 Å². The summed E-state index contributed by atoms with van der Waals surface area (Å²) in [7, 11) is -0.758. The molecule has 0 unspecified atom stereocenters. The SMILES string of the molecule is CC[C@]1(C2COC2)CNCCN1c1ccc(Nc2ccn(B3OC(C)(C)C(C)(C)O3)c(=O)c2C)nc1. The largest absolute Gasteiger partial charge is 0.601 e. The number of aromatic nitrogens is 2. The van der Waals surface area contributed by atoms with E-state index in [1.54, 1.807) is 13.1 Å². The standard InChI is InChI=1S/C26H38BN5O4/c1-7-26(19-15-34-16-19)17-28-11-13-31(26)20-8-9-22(29-14-20)30-21-10-12-32(23(33)18(21)2)27-35-24(3,4)25(5,6)36-27/h8-10,12,14,19,28H,7,11,13,15-17H2,1-6H3,(H,29,30)/t26-/m1/s1. The molecule has 36 heavy (non-hydrogen) atoms. The van der Waals surface area contributed by atoms with Gasteiger partial charge in [0.15, 0.2) is 0 Å². The van der Waals surface area contributed by atoms with Gasteiger partial charge in [-0.3, -0.25) is 4.79 Å². The summed E-state index contributed by atoms with van der Waals surface area (Å²) >= 11 is 0. The molecular formula is C26H38BN5O4. The minimum Gasteiger partial charge on any atom is -0.384 e. The smallest absolute Gasteiger partial charge is 0.384 e. The van der Waals surface area contributed by atoms with Crippen LogP contribution in [-0.2, 0) is 14.0 Å². The molecule has 5 heterocycles. The topological polar surface area (TPSA) is 89.9 Å². The molecule has 5 rings (SSSR count). The predicted molar refractivity (Wildman–Crippen MR) is 142 cm³/mol. The number of ether oxygens (including phenoxy) is 1. The van der Waals surface area contributed by atoms with E-state index in [4.69, 9.17) is 19.0 Å². The van der Waals surface area contributed by atoms with Crippen LogP contribution in [0.1, 0.15) is 46.6 Å². The minimum atomic E-state index is -0.758. The molecule has 1 atom stereocenters. The molecule has 0 saturated carbocycles. The van der Waals surface area contributed by atoms with E-state index in [0.717, 1.165) is 45.0 Å². The van der Waals surface area contributed by atoms with Gasteiger partial charge in [-0.15, -0.1) is 0 Å². The van der Waals surface area contributed by atoms with Crippen molar-refractivity contribution in [2.45, 2.75) is 64.7 Å². The second-order valence-electron chi connectivity index (χ2n) is 11.2. The molecule has 2 N–H and O–H groups in total. The third-order valence-corrected chi connectivity index (χ3v) is 8.64. The molecule has 10 heteroatoms. The van der Waals surface area contributed by atoms with E-state index in [1.165, 1.54) is 4.48 Å². The fourth-order valence-electron chi connectivity index (χ4n) is 5.36. The van der Waals surface area contributed by atoms with Gasteiger partial charge in [-0.05, 0) is 59.2 Å². The van der Waals surface area contributed by atoms with E-state index < -0.39 is 18.5 Å². The Morgan fingerprint density at radius 1 is 1.17 bits per heavy atom. The lowest BCUT2D eigenvalue weighted by molar-refractivity contribution is -0.0746. The Hall–Kier alpha value is -2.40. The van der Waals surface area contributed by atoms with Gasteiger partial charge in [-0.2, -0.15) is 0 Å². The fourth-order valence-corrected chi connectivity index (χ4v) is 5.36. The van der Waals surface area contributed by atoms with E-state index in [0.29, 0.717) is 23.0 Å². The molecule has 0 bridgehead atoms. The molecule has 3 aliphatic rings. The van der Waals surface area contributed by atoms with Gasteiger partial charge >= 0.3 is 7.25 Å². The minimum absolute atomic E-state index is 0.0434. The summed E-state index contributed by atoms with van der Waals surface area (Å²) in [5.74, 6) is 1.21. The van der Waals surface area contributed by atoms with Crippen LogP contribution in [0.3, 0.4) is 0 Å². The Balaban J connectivity index is 1.34. The highest BCUT2D eigenvalue weighted by molar-refractivity contribution is 6.43. The third-order valence-electron chi connectivity index (χ3n) is 8.64. The highest BCUT2D eigenvalue weighted by Crippen LogP contribution is 2.39. The number of nitrogens with zero attached hydrogens (tertiary/aromatic N) is 3. The molecule has 0 spiro atoms. The molecule has 3 fully saturated rings. The van der Waals surface area contributed by atoms with Crippen molar-refractivity contribution in [1.82, 2.24) is 14.8 Å². The van der Waals surface area contributed by atoms with Crippen LogP contribution in [0.25, 0.3) is 0 Å². The average Bonchev–Trinajstić information content (AvgIpc) is 3.03. The van der Waals surface area contributed by atoms with E-state index in [9.17, 15) is 4.79 Å². The highest BCUT2D eigenvalue weighted by atomic mass is 16.7. The van der Waals surface area contributed by atoms with Gasteiger partial charge in [0.2, 0.25) is 5.56 Å². The molecule has 0 aliphatic carbocycles. The van der Waals surface area contributed by atoms with Gasteiger partial charge in [0.05, 0.1) is 41.8 Å². The first-order chi connectivity index (χ1) is 17.1. The quantitative estimate of drug-likeness (QED) is 0.592. The molecule has 9 nitrogen and oxygen atoms in total. The van der Waals surface area contributed by atoms with Crippen molar-refractivity contribution in [2.24, 2.45) is 5.92 Å². The number of anilines is 3. The third kappa shape index (κ3) is 4.14. The number of pyridine rings is 2. The monoisotopic (exact) mass is 495 g/mol. The first-order valence-electron chi connectivity index (χ1n) is 12.9. The molecule has 0 radical (unpaired) electrons. The van der Waals surface area contributed by atoms with Gasteiger partial charge in [-0.25, -0.2) is 4.98 Å². The zero-order valence-electron chi connectivity index (χ0n) is 22.3. The molecule has 194 valence electrons. The van der Waals surface area contributed by atoms with Gasteiger partial charge in [0.25, 0.3) is 0 Å². The molecule has 0 amide bonds. The summed E-state index contributed by atoms with van der Waals surface area (Å²) < 4.78 is 19.2. The zero-order valence-corrected chi connectivity index (χ0v) is 22.3. The Morgan fingerprint density at radius 2 is 1.89 bits per heavy atom. The van der Waals surface area contributed by atoms with Crippen molar-refractivity contribution in [3.63, 3.8) is 0 Å². The van der Waals surface area contributed by atoms with Gasteiger partial charge in [0.1, 0.15) is 5.82 Å². The first-order valence-corrected chi connectivity index (χ1v) is 12.9. The maximum Gasteiger partial charge on any atom is 0.601 e. The predicted octanol–water partition coefficient (Wildman–Crippen LogP) is 2.94. The second kappa shape index (κ2) is 9.17. The van der Waals surface area contributed by atoms with Crippen LogP contribution in [-0.4, -0.2) is 66.3 Å². The zero-order chi connectivity index (χ0) is 25.7. The van der Waals surface area contributed by atoms with Crippen LogP contribution in [0.15, 0.2) is 35.4 Å². The van der Waals surface area contributed by atoms with Crippen molar-refractivity contribution in [3.8, 4) is 0 Å². The number of hydrogen-bond acceptors (Lipinski definition) is 8. The maximum absolute atomic E-state index is 13.2. The lowest BCUT2D eigenvalue weighted by Gasteiger charge is -2.55. The first kappa shape index (κ1) is 25.3. The molecular weight excluding hydrogens is 457 g/mol. The van der Waals surface area contributed by atoms with Crippen LogP contribution in [0.4, 0.5) is 17.2 Å². The summed E-state index contributed by atoms with van der Waals surface area (Å²) in [4.78, 5) is 20.4. The molecule has 3 aliphatic heterocycles. The molecule has 3 saturated heterocycles. The normalized spacial score (nSPS) is 25.6. The lowest BCUT2D eigenvalue weighted by atomic mass is 9.77. The highest BCUT2D eigenvalue weighted by Gasteiger charge is 2.53. The van der Waals surface area contributed by atoms with Crippen LogP contribution in [0.5, 0.6) is 0 Å².